The van der Waals surface area contributed by atoms with Crippen LogP contribution in [-0.4, -0.2) is 18.2 Å². The van der Waals surface area contributed by atoms with E-state index in [0.717, 1.165) is 0 Å². The van der Waals surface area contributed by atoms with Crippen molar-refractivity contribution >= 4 is 5.97 Å². The first-order chi connectivity index (χ1) is 7.73. The highest BCUT2D eigenvalue weighted by atomic mass is 19.3. The highest BCUT2D eigenvalue weighted by Gasteiger charge is 2.44. The van der Waals surface area contributed by atoms with Crippen molar-refractivity contribution in [2.75, 3.05) is 7.11 Å². The van der Waals surface area contributed by atoms with Gasteiger partial charge in [0.05, 0.1) is 7.11 Å². The smallest absolute Gasteiger partial charge is 0.379 e. The normalized spacial score (nSPS) is 11.4. The first kappa shape index (κ1) is 13.4. The lowest BCUT2D eigenvalue weighted by molar-refractivity contribution is -0.166. The molecule has 0 atom stereocenters. The zero-order chi connectivity index (χ0) is 13.4. The number of ether oxygens (including phenoxy) is 1. The van der Waals surface area contributed by atoms with Crippen LogP contribution in [0.5, 0.6) is 5.75 Å². The molecule has 0 aliphatic rings. The van der Waals surface area contributed by atoms with E-state index in [1.165, 1.54) is 27.0 Å². The standard InChI is InChI=1S/C12H14F2O3/c1-6-5-9(17-4)7(2)8(3)10(6)12(13,14)11(15)16/h5H,1-4H3,(H,15,16). The molecule has 0 fully saturated rings. The van der Waals surface area contributed by atoms with Gasteiger partial charge in [-0.2, -0.15) is 8.78 Å². The second-order valence-corrected chi connectivity index (χ2v) is 3.90. The number of carboxylic acid groups (broad SMARTS) is 1. The van der Waals surface area contributed by atoms with Gasteiger partial charge in [0.25, 0.3) is 0 Å². The SMILES string of the molecule is COc1cc(C)c(C(F)(F)C(=O)O)c(C)c1C. The van der Waals surface area contributed by atoms with Gasteiger partial charge in [-0.1, -0.05) is 0 Å². The van der Waals surface area contributed by atoms with Gasteiger partial charge in [-0.3, -0.25) is 0 Å². The fourth-order valence-electron chi connectivity index (χ4n) is 1.85. The third-order valence-electron chi connectivity index (χ3n) is 2.85. The molecule has 0 saturated carbocycles. The Labute approximate surface area is 98.0 Å². The first-order valence-electron chi connectivity index (χ1n) is 5.00. The summed E-state index contributed by atoms with van der Waals surface area (Å²) in [4.78, 5) is 10.6. The lowest BCUT2D eigenvalue weighted by Crippen LogP contribution is -2.27. The summed E-state index contributed by atoms with van der Waals surface area (Å²) in [6.45, 7) is 4.53. The van der Waals surface area contributed by atoms with Crippen LogP contribution >= 0.6 is 0 Å². The van der Waals surface area contributed by atoms with Crippen LogP contribution in [0.15, 0.2) is 6.07 Å². The van der Waals surface area contributed by atoms with E-state index in [0.29, 0.717) is 11.3 Å². The van der Waals surface area contributed by atoms with E-state index in [4.69, 9.17) is 9.84 Å². The van der Waals surface area contributed by atoms with Crippen LogP contribution in [0.3, 0.4) is 0 Å². The molecule has 1 N–H and O–H groups in total. The minimum atomic E-state index is -3.88. The third-order valence-corrected chi connectivity index (χ3v) is 2.85. The Hall–Kier alpha value is -1.65. The molecule has 5 heteroatoms. The molecule has 94 valence electrons. The van der Waals surface area contributed by atoms with Crippen molar-refractivity contribution in [2.45, 2.75) is 26.7 Å². The van der Waals surface area contributed by atoms with Gasteiger partial charge >= 0.3 is 11.9 Å². The van der Waals surface area contributed by atoms with Crippen LogP contribution in [0.1, 0.15) is 22.3 Å². The van der Waals surface area contributed by atoms with Crippen molar-refractivity contribution in [2.24, 2.45) is 0 Å². The number of benzene rings is 1. The number of hydrogen-bond acceptors (Lipinski definition) is 2. The Morgan fingerprint density at radius 1 is 1.29 bits per heavy atom. The summed E-state index contributed by atoms with van der Waals surface area (Å²) in [7, 11) is 1.44. The molecule has 3 nitrogen and oxygen atoms in total. The molecule has 0 aliphatic heterocycles. The maximum Gasteiger partial charge on any atom is 0.379 e. The van der Waals surface area contributed by atoms with Crippen molar-refractivity contribution in [3.63, 3.8) is 0 Å². The van der Waals surface area contributed by atoms with Crippen LogP contribution < -0.4 is 4.74 Å². The van der Waals surface area contributed by atoms with Crippen LogP contribution in [0, 0.1) is 20.8 Å². The predicted molar refractivity (Wildman–Crippen MR) is 58.7 cm³/mol. The number of aliphatic carboxylic acids is 1. The van der Waals surface area contributed by atoms with Crippen molar-refractivity contribution < 1.29 is 23.4 Å². The summed E-state index contributed by atoms with van der Waals surface area (Å²) in [5.41, 5.74) is 0.518. The Kier molecular flexibility index (Phi) is 3.40. The predicted octanol–water partition coefficient (Wildman–Crippen LogP) is 2.80. The maximum absolute atomic E-state index is 13.6. The molecule has 17 heavy (non-hydrogen) atoms. The fourth-order valence-corrected chi connectivity index (χ4v) is 1.85. The summed E-state index contributed by atoms with van der Waals surface area (Å²) in [5, 5.41) is 8.58. The number of hydrogen-bond donors (Lipinski definition) is 1. The Morgan fingerprint density at radius 2 is 1.82 bits per heavy atom. The number of aryl methyl sites for hydroxylation is 1. The number of carboxylic acids is 1. The number of halogens is 2. The highest BCUT2D eigenvalue weighted by molar-refractivity contribution is 5.79. The fraction of sp³-hybridized carbons (Fsp3) is 0.417. The largest absolute Gasteiger partial charge is 0.496 e. The monoisotopic (exact) mass is 244 g/mol. The van der Waals surface area contributed by atoms with E-state index >= 15 is 0 Å². The van der Waals surface area contributed by atoms with Gasteiger partial charge in [0.1, 0.15) is 5.75 Å². The van der Waals surface area contributed by atoms with E-state index in [2.05, 4.69) is 0 Å². The number of carbonyl (C=O) groups is 1. The molecule has 0 bridgehead atoms. The summed E-state index contributed by atoms with van der Waals surface area (Å²) in [6, 6.07) is 1.43. The van der Waals surface area contributed by atoms with E-state index in [9.17, 15) is 13.6 Å². The van der Waals surface area contributed by atoms with Crippen LogP contribution in [-0.2, 0) is 10.7 Å². The molecular weight excluding hydrogens is 230 g/mol. The lowest BCUT2D eigenvalue weighted by atomic mass is 9.93. The summed E-state index contributed by atoms with van der Waals surface area (Å²) < 4.78 is 32.2. The number of alkyl halides is 2. The molecule has 0 heterocycles. The van der Waals surface area contributed by atoms with Crippen LogP contribution in [0.2, 0.25) is 0 Å². The molecule has 1 aromatic rings. The molecule has 0 aromatic heterocycles. The number of rotatable bonds is 3. The molecule has 0 unspecified atom stereocenters. The molecule has 1 rings (SSSR count). The lowest BCUT2D eigenvalue weighted by Gasteiger charge is -2.20. The van der Waals surface area contributed by atoms with E-state index in [-0.39, 0.29) is 11.1 Å². The quantitative estimate of drug-likeness (QED) is 0.889. The summed E-state index contributed by atoms with van der Waals surface area (Å²) >= 11 is 0. The van der Waals surface area contributed by atoms with Gasteiger partial charge < -0.3 is 9.84 Å². The van der Waals surface area contributed by atoms with Gasteiger partial charge in [-0.15, -0.1) is 0 Å². The Balaban J connectivity index is 3.57. The molecule has 1 aromatic carbocycles. The average molecular weight is 244 g/mol. The molecule has 0 saturated heterocycles. The zero-order valence-corrected chi connectivity index (χ0v) is 10.1. The van der Waals surface area contributed by atoms with Gasteiger partial charge in [0.2, 0.25) is 0 Å². The zero-order valence-electron chi connectivity index (χ0n) is 10.1. The molecule has 0 radical (unpaired) electrons. The molecule has 0 aliphatic carbocycles. The van der Waals surface area contributed by atoms with Gasteiger partial charge in [-0.25, -0.2) is 4.79 Å². The maximum atomic E-state index is 13.6. The van der Waals surface area contributed by atoms with Crippen molar-refractivity contribution in [1.82, 2.24) is 0 Å². The second-order valence-electron chi connectivity index (χ2n) is 3.90. The van der Waals surface area contributed by atoms with Crippen molar-refractivity contribution in [3.05, 3.63) is 28.3 Å². The molecule has 0 spiro atoms. The minimum absolute atomic E-state index is 0.206. The van der Waals surface area contributed by atoms with Crippen LogP contribution in [0.4, 0.5) is 8.78 Å². The van der Waals surface area contributed by atoms with Gasteiger partial charge in [0, 0.05) is 5.56 Å². The second kappa shape index (κ2) is 4.31. The molecular formula is C12H14F2O3. The third kappa shape index (κ3) is 2.09. The topological polar surface area (TPSA) is 46.5 Å². The summed E-state index contributed by atoms with van der Waals surface area (Å²) in [6.07, 6.45) is 0. The summed E-state index contributed by atoms with van der Waals surface area (Å²) in [5.74, 6) is -5.55. The molecule has 0 amide bonds. The van der Waals surface area contributed by atoms with E-state index in [1.807, 2.05) is 0 Å². The van der Waals surface area contributed by atoms with Crippen molar-refractivity contribution in [3.8, 4) is 5.75 Å². The van der Waals surface area contributed by atoms with Crippen LogP contribution in [0.25, 0.3) is 0 Å². The van der Waals surface area contributed by atoms with Gasteiger partial charge in [0.15, 0.2) is 0 Å². The van der Waals surface area contributed by atoms with E-state index in [1.54, 1.807) is 6.92 Å². The number of methoxy groups -OCH3 is 1. The Bertz CT molecular complexity index is 467. The van der Waals surface area contributed by atoms with Crippen molar-refractivity contribution in [1.29, 1.82) is 0 Å². The minimum Gasteiger partial charge on any atom is -0.496 e. The highest BCUT2D eigenvalue weighted by Crippen LogP contribution is 2.37. The van der Waals surface area contributed by atoms with Gasteiger partial charge in [-0.05, 0) is 43.5 Å². The van der Waals surface area contributed by atoms with E-state index < -0.39 is 17.5 Å². The first-order valence-corrected chi connectivity index (χ1v) is 5.00. The average Bonchev–Trinajstić information content (AvgIpc) is 2.22. The Morgan fingerprint density at radius 3 is 2.24 bits per heavy atom.